The first-order valence-corrected chi connectivity index (χ1v) is 15.2. The number of nitrogens with zero attached hydrogens (tertiary/aromatic N) is 2. The van der Waals surface area contributed by atoms with Gasteiger partial charge in [-0.3, -0.25) is 23.7 Å². The fourth-order valence-corrected chi connectivity index (χ4v) is 8.30. The van der Waals surface area contributed by atoms with Crippen molar-refractivity contribution in [1.29, 1.82) is 0 Å². The lowest BCUT2D eigenvalue weighted by Gasteiger charge is -2.27. The molecule has 0 bridgehead atoms. The van der Waals surface area contributed by atoms with E-state index in [0.29, 0.717) is 0 Å². The van der Waals surface area contributed by atoms with Crippen molar-refractivity contribution in [2.24, 2.45) is 0 Å². The fraction of sp³-hybridized carbons (Fsp3) is 0.588. The molecule has 18 nitrogen and oxygen atoms in total. The quantitative estimate of drug-likeness (QED) is 0.191. The largest absolute Gasteiger partial charge is 0.492 e. The van der Waals surface area contributed by atoms with Gasteiger partial charge in [0.05, 0.1) is 18.7 Å². The average Bonchev–Trinajstić information content (AvgIpc) is 3.02. The van der Waals surface area contributed by atoms with Crippen molar-refractivity contribution < 1.29 is 60.7 Å². The van der Waals surface area contributed by atoms with Gasteiger partial charge in [-0.15, -0.1) is 0 Å². The maximum Gasteiger partial charge on any atom is 0.492 e. The monoisotopic (exact) mass is 605 g/mol. The Morgan fingerprint density at radius 3 is 2.26 bits per heavy atom. The number of nitrogens with one attached hydrogen (secondary N) is 1. The lowest BCUT2D eigenvalue weighted by molar-refractivity contribution is -0.128. The zero-order valence-electron chi connectivity index (χ0n) is 20.1. The number of H-pyrrole nitrogens is 1. The van der Waals surface area contributed by atoms with Crippen LogP contribution in [0.15, 0.2) is 27.4 Å². The number of aromatic amines is 1. The number of ether oxygens (including phenoxy) is 1. The SMILES string of the molecule is CC(=O)N(CC=C(C)C)Cc1cn([C@@H]2O[C@H](COP3(=O)OP(=O)(O)OP(=O)(O)O3)C(O)[C@@H]2O)c(=O)[nH]c1=O. The number of aromatic nitrogens is 2. The van der Waals surface area contributed by atoms with Crippen molar-refractivity contribution >= 4 is 29.4 Å². The van der Waals surface area contributed by atoms with Crippen LogP contribution in [0.5, 0.6) is 0 Å². The Bertz CT molecular complexity index is 1340. The van der Waals surface area contributed by atoms with Crippen LogP contribution >= 0.6 is 23.5 Å². The summed E-state index contributed by atoms with van der Waals surface area (Å²) in [5.74, 6) is -0.364. The Labute approximate surface area is 214 Å². The summed E-state index contributed by atoms with van der Waals surface area (Å²) in [6.45, 7) is 3.89. The Hall–Kier alpha value is -1.78. The number of aliphatic hydroxyl groups is 2. The standard InChI is InChI=1S/C17H26N3O15P3/c1-9(2)4-5-19(10(3)21)6-11-7-20(17(25)18-15(11)24)16-14(23)13(22)12(32-16)8-31-38(30)34-36(26,27)33-37(28,29)35-38/h4,7,12-14,16,22-23H,5-6,8H2,1-3H3,(H,26,27)(H,28,29)(H,18,24,25)/t12-,13?,14+,16-/m1/s1. The molecule has 5 N–H and O–H groups in total. The number of hydrogen-bond donors (Lipinski definition) is 5. The van der Waals surface area contributed by atoms with Crippen molar-refractivity contribution in [2.75, 3.05) is 13.2 Å². The first kappa shape index (κ1) is 30.8. The van der Waals surface area contributed by atoms with Gasteiger partial charge in [0.15, 0.2) is 6.23 Å². The zero-order chi connectivity index (χ0) is 28.6. The van der Waals surface area contributed by atoms with Crippen LogP contribution in [-0.4, -0.2) is 71.8 Å². The van der Waals surface area contributed by atoms with E-state index in [0.717, 1.165) is 16.3 Å². The number of rotatable bonds is 8. The van der Waals surface area contributed by atoms with Crippen molar-refractivity contribution in [3.8, 4) is 0 Å². The molecule has 3 unspecified atom stereocenters. The van der Waals surface area contributed by atoms with Crippen molar-refractivity contribution in [1.82, 2.24) is 14.5 Å². The summed E-state index contributed by atoms with van der Waals surface area (Å²) in [4.78, 5) is 58.8. The second-order valence-electron chi connectivity index (χ2n) is 8.47. The minimum atomic E-state index is -5.31. The number of aliphatic hydroxyl groups excluding tert-OH is 2. The molecule has 0 saturated carbocycles. The van der Waals surface area contributed by atoms with Gasteiger partial charge in [-0.25, -0.2) is 18.5 Å². The minimum absolute atomic E-state index is 0.0576. The minimum Gasteiger partial charge on any atom is -0.387 e. The van der Waals surface area contributed by atoms with Crippen LogP contribution in [0, 0.1) is 0 Å². The summed E-state index contributed by atoms with van der Waals surface area (Å²) >= 11 is 0. The molecule has 214 valence electrons. The highest BCUT2D eigenvalue weighted by Crippen LogP contribution is 2.80. The highest BCUT2D eigenvalue weighted by molar-refractivity contribution is 7.74. The van der Waals surface area contributed by atoms with Crippen LogP contribution in [0.4, 0.5) is 0 Å². The van der Waals surface area contributed by atoms with E-state index in [4.69, 9.17) is 9.26 Å². The van der Waals surface area contributed by atoms with Crippen LogP contribution in [0.3, 0.4) is 0 Å². The number of hydrogen-bond acceptors (Lipinski definition) is 13. The molecule has 3 heterocycles. The molecular weight excluding hydrogens is 579 g/mol. The van der Waals surface area contributed by atoms with E-state index in [1.165, 1.54) is 11.8 Å². The second kappa shape index (κ2) is 11.4. The predicted molar refractivity (Wildman–Crippen MR) is 124 cm³/mol. The lowest BCUT2D eigenvalue weighted by Crippen LogP contribution is -2.40. The summed E-state index contributed by atoms with van der Waals surface area (Å²) in [6.07, 6.45) is -4.07. The maximum atomic E-state index is 12.5. The molecule has 1 aromatic rings. The number of allylic oxidation sites excluding steroid dienone is 1. The third-order valence-electron chi connectivity index (χ3n) is 5.19. The van der Waals surface area contributed by atoms with Gasteiger partial charge in [-0.2, -0.15) is 12.9 Å². The van der Waals surface area contributed by atoms with Crippen molar-refractivity contribution in [3.63, 3.8) is 0 Å². The van der Waals surface area contributed by atoms with E-state index < -0.39 is 65.9 Å². The Balaban J connectivity index is 1.80. The maximum absolute atomic E-state index is 12.5. The van der Waals surface area contributed by atoms with Gasteiger partial charge in [-0.1, -0.05) is 11.6 Å². The molecule has 1 amide bonds. The van der Waals surface area contributed by atoms with Crippen molar-refractivity contribution in [2.45, 2.75) is 51.9 Å². The molecule has 0 radical (unpaired) electrons. The first-order chi connectivity index (χ1) is 17.4. The molecule has 3 rings (SSSR count). The van der Waals surface area contributed by atoms with E-state index in [2.05, 4.69) is 12.9 Å². The number of carbonyl (C=O) groups is 1. The Morgan fingerprint density at radius 2 is 1.71 bits per heavy atom. The molecule has 2 fully saturated rings. The van der Waals surface area contributed by atoms with Crippen LogP contribution in [0.25, 0.3) is 0 Å². The molecule has 0 aliphatic carbocycles. The summed E-state index contributed by atoms with van der Waals surface area (Å²) in [7, 11) is -15.8. The van der Waals surface area contributed by atoms with Crippen LogP contribution in [0.1, 0.15) is 32.6 Å². The molecule has 2 saturated heterocycles. The molecule has 38 heavy (non-hydrogen) atoms. The van der Waals surface area contributed by atoms with E-state index in [1.807, 2.05) is 18.8 Å². The van der Waals surface area contributed by atoms with Gasteiger partial charge in [0.2, 0.25) is 5.91 Å². The normalized spacial score (nSPS) is 35.1. The third-order valence-corrected chi connectivity index (χ3v) is 10.6. The molecule has 2 aliphatic heterocycles. The van der Waals surface area contributed by atoms with Crippen LogP contribution < -0.4 is 11.2 Å². The molecule has 2 aliphatic rings. The van der Waals surface area contributed by atoms with Crippen molar-refractivity contribution in [3.05, 3.63) is 44.2 Å². The van der Waals surface area contributed by atoms with Gasteiger partial charge in [0, 0.05) is 19.7 Å². The summed E-state index contributed by atoms with van der Waals surface area (Å²) in [5.41, 5.74) is -0.988. The first-order valence-electron chi connectivity index (χ1n) is 10.7. The van der Waals surface area contributed by atoms with Gasteiger partial charge in [0.25, 0.3) is 5.56 Å². The van der Waals surface area contributed by atoms with Crippen LogP contribution in [-0.2, 0) is 47.2 Å². The molecule has 1 aromatic heterocycles. The molecular formula is C17H26N3O15P3. The Morgan fingerprint density at radius 1 is 1.11 bits per heavy atom. The third kappa shape index (κ3) is 7.45. The van der Waals surface area contributed by atoms with E-state index in [9.17, 15) is 48.1 Å². The fourth-order valence-electron chi connectivity index (χ4n) is 3.37. The highest BCUT2D eigenvalue weighted by Gasteiger charge is 2.55. The topological polar surface area (TPSA) is 253 Å². The zero-order valence-corrected chi connectivity index (χ0v) is 22.8. The van der Waals surface area contributed by atoms with Gasteiger partial charge in [0.1, 0.15) is 18.3 Å². The summed E-state index contributed by atoms with van der Waals surface area (Å²) < 4.78 is 58.3. The summed E-state index contributed by atoms with van der Waals surface area (Å²) in [6, 6.07) is 0. The number of carbonyl (C=O) groups excluding carboxylic acids is 1. The number of phosphoric acid groups is 3. The smallest absolute Gasteiger partial charge is 0.387 e. The molecule has 21 heteroatoms. The lowest BCUT2D eigenvalue weighted by atomic mass is 10.1. The van der Waals surface area contributed by atoms with Gasteiger partial charge >= 0.3 is 29.2 Å². The molecule has 0 spiro atoms. The van der Waals surface area contributed by atoms with E-state index in [-0.39, 0.29) is 24.6 Å². The number of amides is 1. The molecule has 6 atom stereocenters. The van der Waals surface area contributed by atoms with E-state index >= 15 is 0 Å². The average molecular weight is 605 g/mol. The van der Waals surface area contributed by atoms with E-state index in [1.54, 1.807) is 6.08 Å². The Kier molecular flexibility index (Phi) is 9.21. The second-order valence-corrected chi connectivity index (χ2v) is 13.5. The molecule has 0 aromatic carbocycles. The van der Waals surface area contributed by atoms with Crippen LogP contribution in [0.2, 0.25) is 0 Å². The summed E-state index contributed by atoms with van der Waals surface area (Å²) in [5, 5.41) is 20.8. The van der Waals surface area contributed by atoms with Gasteiger partial charge in [-0.05, 0) is 13.8 Å². The van der Waals surface area contributed by atoms with Gasteiger partial charge < -0.3 is 29.6 Å². The highest BCUT2D eigenvalue weighted by atomic mass is 31.3. The predicted octanol–water partition coefficient (Wildman–Crippen LogP) is -0.141.